The van der Waals surface area contributed by atoms with E-state index in [-0.39, 0.29) is 25.4 Å². The molecule has 1 unspecified atom stereocenters. The fourth-order valence-electron chi connectivity index (χ4n) is 4.51. The molecule has 2 aromatic carbocycles. The molecule has 0 aromatic heterocycles. The number of benzene rings is 2. The first-order valence-corrected chi connectivity index (χ1v) is 11.9. The van der Waals surface area contributed by atoms with Crippen molar-refractivity contribution in [2.75, 3.05) is 56.9 Å². The third-order valence-electron chi connectivity index (χ3n) is 6.44. The van der Waals surface area contributed by atoms with Gasteiger partial charge in [-0.05, 0) is 31.2 Å². The Morgan fingerprint density at radius 1 is 0.800 bits per heavy atom. The zero-order valence-electron chi connectivity index (χ0n) is 19.7. The molecule has 3 heterocycles. The van der Waals surface area contributed by atoms with Gasteiger partial charge in [0.15, 0.2) is 23.0 Å². The predicted molar refractivity (Wildman–Crippen MR) is 129 cm³/mol. The minimum atomic E-state index is -0.0290. The highest BCUT2D eigenvalue weighted by atomic mass is 16.7. The lowest BCUT2D eigenvalue weighted by Crippen LogP contribution is -2.52. The van der Waals surface area contributed by atoms with Crippen molar-refractivity contribution in [3.05, 3.63) is 36.4 Å². The second-order valence-corrected chi connectivity index (χ2v) is 8.92. The van der Waals surface area contributed by atoms with Crippen molar-refractivity contribution in [2.45, 2.75) is 25.8 Å². The third-order valence-corrected chi connectivity index (χ3v) is 6.44. The maximum absolute atomic E-state index is 12.4. The summed E-state index contributed by atoms with van der Waals surface area (Å²) in [6, 6.07) is 11.1. The second-order valence-electron chi connectivity index (χ2n) is 8.92. The predicted octanol–water partition coefficient (Wildman–Crippen LogP) is 2.51. The van der Waals surface area contributed by atoms with Gasteiger partial charge < -0.3 is 34.5 Å². The summed E-state index contributed by atoms with van der Waals surface area (Å²) in [5.41, 5.74) is 1.41. The molecule has 0 radical (unpaired) electrons. The summed E-state index contributed by atoms with van der Waals surface area (Å²) in [7, 11) is 0. The van der Waals surface area contributed by atoms with Crippen LogP contribution in [0.3, 0.4) is 0 Å². The monoisotopic (exact) mass is 482 g/mol. The molecule has 10 heteroatoms. The topological polar surface area (TPSA) is 102 Å². The first kappa shape index (κ1) is 23.3. The summed E-state index contributed by atoms with van der Waals surface area (Å²) in [6.45, 7) is 6.56. The van der Waals surface area contributed by atoms with Gasteiger partial charge in [0.25, 0.3) is 0 Å². The van der Waals surface area contributed by atoms with Gasteiger partial charge in [0.05, 0.1) is 0 Å². The summed E-state index contributed by atoms with van der Waals surface area (Å²) in [5.74, 6) is 2.63. The van der Waals surface area contributed by atoms with Gasteiger partial charge in [-0.2, -0.15) is 0 Å². The van der Waals surface area contributed by atoms with Crippen LogP contribution in [0.2, 0.25) is 0 Å². The van der Waals surface area contributed by atoms with Gasteiger partial charge in [0.1, 0.15) is 0 Å². The minimum absolute atomic E-state index is 0.0286. The molecular weight excluding hydrogens is 452 g/mol. The smallest absolute Gasteiger partial charge is 0.231 e. The SMILES string of the molecule is CC1CN(CCC(=O)Nc2ccc3c(c2)OCO3)CCN1CCC(=O)Nc1ccc2c(c1)OCO2. The number of carbonyl (C=O) groups is 2. The van der Waals surface area contributed by atoms with Crippen LogP contribution in [-0.2, 0) is 9.59 Å². The number of piperazine rings is 1. The lowest BCUT2D eigenvalue weighted by Gasteiger charge is -2.39. The summed E-state index contributed by atoms with van der Waals surface area (Å²) in [4.78, 5) is 29.5. The molecule has 5 rings (SSSR count). The number of rotatable bonds is 8. The van der Waals surface area contributed by atoms with Crippen molar-refractivity contribution in [3.63, 3.8) is 0 Å². The molecule has 2 aromatic rings. The van der Waals surface area contributed by atoms with Crippen LogP contribution in [-0.4, -0.2) is 74.0 Å². The van der Waals surface area contributed by atoms with Crippen molar-refractivity contribution in [3.8, 4) is 23.0 Å². The number of ether oxygens (including phenoxy) is 4. The Morgan fingerprint density at radius 3 is 1.91 bits per heavy atom. The molecule has 1 fully saturated rings. The molecule has 2 amide bonds. The summed E-state index contributed by atoms with van der Waals surface area (Å²) in [5, 5.41) is 5.86. The lowest BCUT2D eigenvalue weighted by molar-refractivity contribution is -0.118. The first-order chi connectivity index (χ1) is 17.0. The van der Waals surface area contributed by atoms with Gasteiger partial charge in [-0.3, -0.25) is 14.5 Å². The number of carbonyl (C=O) groups excluding carboxylic acids is 2. The van der Waals surface area contributed by atoms with E-state index in [0.717, 1.165) is 19.6 Å². The fraction of sp³-hybridized carbons (Fsp3) is 0.440. The Bertz CT molecular complexity index is 1090. The average molecular weight is 483 g/mol. The van der Waals surface area contributed by atoms with Crippen LogP contribution in [0, 0.1) is 0 Å². The van der Waals surface area contributed by atoms with Gasteiger partial charge in [0.2, 0.25) is 25.4 Å². The highest BCUT2D eigenvalue weighted by Gasteiger charge is 2.24. The van der Waals surface area contributed by atoms with Gasteiger partial charge in [-0.15, -0.1) is 0 Å². The normalized spacial score (nSPS) is 18.9. The Morgan fingerprint density at radius 2 is 1.34 bits per heavy atom. The Labute approximate surface area is 204 Å². The highest BCUT2D eigenvalue weighted by Crippen LogP contribution is 2.35. The van der Waals surface area contributed by atoms with Crippen LogP contribution >= 0.6 is 0 Å². The maximum Gasteiger partial charge on any atom is 0.231 e. The standard InChI is InChI=1S/C25H30N4O6/c1-17-14-28(8-6-24(30)26-18-2-4-20-22(12-18)34-15-32-20)10-11-29(17)9-7-25(31)27-19-3-5-21-23(13-19)35-16-33-21/h2-5,12-13,17H,6-11,14-16H2,1H3,(H,26,30)(H,27,31). The van der Waals surface area contributed by atoms with Crippen LogP contribution in [0.25, 0.3) is 0 Å². The van der Waals surface area contributed by atoms with Crippen molar-refractivity contribution in [1.82, 2.24) is 9.80 Å². The van der Waals surface area contributed by atoms with Gasteiger partial charge in [0, 0.05) is 75.1 Å². The fourth-order valence-corrected chi connectivity index (χ4v) is 4.51. The third kappa shape index (κ3) is 5.77. The van der Waals surface area contributed by atoms with Crippen molar-refractivity contribution < 1.29 is 28.5 Å². The molecule has 1 saturated heterocycles. The molecule has 0 bridgehead atoms. The van der Waals surface area contributed by atoms with Crippen LogP contribution < -0.4 is 29.6 Å². The van der Waals surface area contributed by atoms with E-state index in [1.54, 1.807) is 24.3 Å². The van der Waals surface area contributed by atoms with E-state index in [1.165, 1.54) is 0 Å². The van der Waals surface area contributed by atoms with Gasteiger partial charge in [-0.25, -0.2) is 0 Å². The number of nitrogens with one attached hydrogen (secondary N) is 2. The summed E-state index contributed by atoms with van der Waals surface area (Å²) < 4.78 is 21.3. The molecule has 35 heavy (non-hydrogen) atoms. The van der Waals surface area contributed by atoms with Crippen molar-refractivity contribution >= 4 is 23.2 Å². The van der Waals surface area contributed by atoms with E-state index >= 15 is 0 Å². The van der Waals surface area contributed by atoms with E-state index in [9.17, 15) is 9.59 Å². The molecule has 186 valence electrons. The number of anilines is 2. The molecule has 1 atom stereocenters. The van der Waals surface area contributed by atoms with E-state index in [1.807, 2.05) is 12.1 Å². The molecule has 0 aliphatic carbocycles. The zero-order valence-corrected chi connectivity index (χ0v) is 19.7. The summed E-state index contributed by atoms with van der Waals surface area (Å²) in [6.07, 6.45) is 0.829. The van der Waals surface area contributed by atoms with Gasteiger partial charge >= 0.3 is 0 Å². The van der Waals surface area contributed by atoms with Crippen LogP contribution in [0.4, 0.5) is 11.4 Å². The molecule has 3 aliphatic rings. The molecular formula is C25H30N4O6. The number of fused-ring (bicyclic) bond motifs is 2. The van der Waals surface area contributed by atoms with Crippen molar-refractivity contribution in [1.29, 1.82) is 0 Å². The van der Waals surface area contributed by atoms with Crippen LogP contribution in [0.5, 0.6) is 23.0 Å². The first-order valence-electron chi connectivity index (χ1n) is 11.9. The lowest BCUT2D eigenvalue weighted by atomic mass is 10.1. The average Bonchev–Trinajstić information content (AvgIpc) is 3.51. The Kier molecular flexibility index (Phi) is 6.91. The Balaban J connectivity index is 1.01. The molecule has 10 nitrogen and oxygen atoms in total. The molecule has 0 saturated carbocycles. The van der Waals surface area contributed by atoms with Crippen molar-refractivity contribution in [2.24, 2.45) is 0 Å². The number of hydrogen-bond acceptors (Lipinski definition) is 8. The molecule has 2 N–H and O–H groups in total. The second kappa shape index (κ2) is 10.4. The number of hydrogen-bond donors (Lipinski definition) is 2. The minimum Gasteiger partial charge on any atom is -0.454 e. The summed E-state index contributed by atoms with van der Waals surface area (Å²) >= 11 is 0. The largest absolute Gasteiger partial charge is 0.454 e. The molecule has 3 aliphatic heterocycles. The molecule has 0 spiro atoms. The maximum atomic E-state index is 12.4. The van der Waals surface area contributed by atoms with Crippen LogP contribution in [0.1, 0.15) is 19.8 Å². The quantitative estimate of drug-likeness (QED) is 0.592. The van der Waals surface area contributed by atoms with E-state index in [0.29, 0.717) is 66.3 Å². The number of amides is 2. The van der Waals surface area contributed by atoms with Gasteiger partial charge in [-0.1, -0.05) is 0 Å². The number of nitrogens with zero attached hydrogens (tertiary/aromatic N) is 2. The zero-order chi connectivity index (χ0) is 24.2. The Hall–Kier alpha value is -3.50. The van der Waals surface area contributed by atoms with E-state index < -0.39 is 0 Å². The highest BCUT2D eigenvalue weighted by molar-refractivity contribution is 5.91. The van der Waals surface area contributed by atoms with E-state index in [4.69, 9.17) is 18.9 Å². The van der Waals surface area contributed by atoms with Crippen LogP contribution in [0.15, 0.2) is 36.4 Å². The van der Waals surface area contributed by atoms with E-state index in [2.05, 4.69) is 27.4 Å².